The first-order valence-corrected chi connectivity index (χ1v) is 6.60. The number of halogens is 1. The van der Waals surface area contributed by atoms with Gasteiger partial charge >= 0.3 is 0 Å². The molecule has 0 radical (unpaired) electrons. The molecule has 0 aliphatic carbocycles. The molecule has 1 heterocycles. The lowest BCUT2D eigenvalue weighted by Crippen LogP contribution is -2.03. The summed E-state index contributed by atoms with van der Waals surface area (Å²) in [7, 11) is 3.73. The number of carbonyl (C=O) groups is 1. The smallest absolute Gasteiger partial charge is 0.190 e. The van der Waals surface area contributed by atoms with Gasteiger partial charge in [-0.3, -0.25) is 4.79 Å². The molecule has 3 nitrogen and oxygen atoms in total. The first-order valence-electron chi connectivity index (χ1n) is 6.22. The summed E-state index contributed by atoms with van der Waals surface area (Å²) in [6, 6.07) is 9.08. The van der Waals surface area contributed by atoms with Crippen LogP contribution in [-0.4, -0.2) is 24.8 Å². The fourth-order valence-corrected chi connectivity index (χ4v) is 1.92. The van der Waals surface area contributed by atoms with E-state index in [0.29, 0.717) is 22.1 Å². The summed E-state index contributed by atoms with van der Waals surface area (Å²) in [5.74, 6) is 1.21. The maximum Gasteiger partial charge on any atom is 0.190 e. The van der Waals surface area contributed by atoms with Gasteiger partial charge in [0.15, 0.2) is 5.78 Å². The minimum atomic E-state index is -0.0693. The van der Waals surface area contributed by atoms with Crippen molar-refractivity contribution >= 4 is 17.4 Å². The van der Waals surface area contributed by atoms with Crippen LogP contribution in [0.2, 0.25) is 5.02 Å². The molecule has 0 unspecified atom stereocenters. The third-order valence-electron chi connectivity index (χ3n) is 2.84. The van der Waals surface area contributed by atoms with Crippen LogP contribution in [0.5, 0.6) is 0 Å². The molecule has 0 spiro atoms. The van der Waals surface area contributed by atoms with E-state index in [4.69, 9.17) is 16.0 Å². The van der Waals surface area contributed by atoms with E-state index in [1.807, 2.05) is 31.1 Å². The molecule has 0 bridgehead atoms. The lowest BCUT2D eigenvalue weighted by atomic mass is 10.1. The van der Waals surface area contributed by atoms with Gasteiger partial charge in [0.25, 0.3) is 0 Å². The summed E-state index contributed by atoms with van der Waals surface area (Å²) in [4.78, 5) is 13.9. The molecular weight excluding hydrogens is 274 g/mol. The molecule has 0 fully saturated rings. The van der Waals surface area contributed by atoms with Crippen molar-refractivity contribution in [3.05, 3.63) is 59.0 Å². The zero-order valence-corrected chi connectivity index (χ0v) is 12.4. The number of allylic oxidation sites excluding steroid dienone is 1. The number of hydrogen-bond donors (Lipinski definition) is 0. The van der Waals surface area contributed by atoms with Crippen LogP contribution in [0.15, 0.2) is 47.0 Å². The molecule has 0 aliphatic heterocycles. The van der Waals surface area contributed by atoms with Crippen LogP contribution in [0.3, 0.4) is 0 Å². The second-order valence-electron chi connectivity index (χ2n) is 4.73. The van der Waals surface area contributed by atoms with Crippen LogP contribution in [0.1, 0.15) is 16.1 Å². The summed E-state index contributed by atoms with van der Waals surface area (Å²) in [5, 5.41) is 0.669. The quantitative estimate of drug-likeness (QED) is 0.626. The first-order chi connectivity index (χ1) is 9.47. The van der Waals surface area contributed by atoms with Gasteiger partial charge in [0.2, 0.25) is 0 Å². The van der Waals surface area contributed by atoms with Crippen LogP contribution in [0, 0.1) is 6.92 Å². The number of nitrogens with zero attached hydrogens (tertiary/aromatic N) is 1. The molecule has 0 atom stereocenters. The molecular formula is C16H16ClNO2. The first kappa shape index (κ1) is 14.4. The van der Waals surface area contributed by atoms with Crippen LogP contribution in [0.25, 0.3) is 11.3 Å². The van der Waals surface area contributed by atoms with Crippen molar-refractivity contribution in [1.29, 1.82) is 0 Å². The highest BCUT2D eigenvalue weighted by molar-refractivity contribution is 6.30. The Labute approximate surface area is 123 Å². The average Bonchev–Trinajstić information content (AvgIpc) is 2.79. The van der Waals surface area contributed by atoms with Gasteiger partial charge in [-0.15, -0.1) is 0 Å². The maximum absolute atomic E-state index is 12.1. The summed E-state index contributed by atoms with van der Waals surface area (Å²) in [6.07, 6.45) is 3.25. The van der Waals surface area contributed by atoms with E-state index in [0.717, 1.165) is 5.56 Å². The Morgan fingerprint density at radius 1 is 1.25 bits per heavy atom. The lowest BCUT2D eigenvalue weighted by molar-refractivity contribution is 0.104. The predicted octanol–water partition coefficient (Wildman–Crippen LogP) is 4.17. The predicted molar refractivity (Wildman–Crippen MR) is 81.0 cm³/mol. The highest BCUT2D eigenvalue weighted by Crippen LogP contribution is 2.27. The van der Waals surface area contributed by atoms with Gasteiger partial charge in [-0.25, -0.2) is 0 Å². The van der Waals surface area contributed by atoms with Gasteiger partial charge in [0.1, 0.15) is 11.5 Å². The van der Waals surface area contributed by atoms with Crippen molar-refractivity contribution < 1.29 is 9.21 Å². The topological polar surface area (TPSA) is 33.5 Å². The molecule has 0 saturated heterocycles. The number of furan rings is 1. The maximum atomic E-state index is 12.1. The summed E-state index contributed by atoms with van der Waals surface area (Å²) < 4.78 is 5.66. The van der Waals surface area contributed by atoms with Crippen LogP contribution in [0.4, 0.5) is 0 Å². The monoisotopic (exact) mass is 289 g/mol. The zero-order chi connectivity index (χ0) is 14.7. The number of hydrogen-bond acceptors (Lipinski definition) is 3. The fraction of sp³-hybridized carbons (Fsp3) is 0.188. The Morgan fingerprint density at radius 2 is 1.90 bits per heavy atom. The van der Waals surface area contributed by atoms with E-state index in [1.54, 1.807) is 31.3 Å². The number of carbonyl (C=O) groups excluding carboxylic acids is 1. The molecule has 0 aliphatic rings. The van der Waals surface area contributed by atoms with Gasteiger partial charge in [-0.2, -0.15) is 0 Å². The van der Waals surface area contributed by atoms with E-state index < -0.39 is 0 Å². The third kappa shape index (κ3) is 3.31. The van der Waals surface area contributed by atoms with Crippen molar-refractivity contribution in [2.24, 2.45) is 0 Å². The van der Waals surface area contributed by atoms with E-state index in [-0.39, 0.29) is 5.78 Å². The Hall–Kier alpha value is -2.00. The summed E-state index contributed by atoms with van der Waals surface area (Å²) in [5.41, 5.74) is 1.47. The zero-order valence-electron chi connectivity index (χ0n) is 11.7. The normalized spacial score (nSPS) is 11.0. The van der Waals surface area contributed by atoms with Crippen molar-refractivity contribution in [3.63, 3.8) is 0 Å². The van der Waals surface area contributed by atoms with Gasteiger partial charge in [-0.1, -0.05) is 11.6 Å². The molecule has 1 aromatic heterocycles. The van der Waals surface area contributed by atoms with Gasteiger partial charge < -0.3 is 9.32 Å². The largest absolute Gasteiger partial charge is 0.461 e. The number of aryl methyl sites for hydroxylation is 1. The Balaban J connectivity index is 2.30. The molecule has 0 saturated carbocycles. The molecule has 4 heteroatoms. The van der Waals surface area contributed by atoms with Crippen LogP contribution in [-0.2, 0) is 0 Å². The minimum Gasteiger partial charge on any atom is -0.461 e. The second kappa shape index (κ2) is 5.97. The molecule has 0 N–H and O–H groups in total. The van der Waals surface area contributed by atoms with Gasteiger partial charge in [0.05, 0.1) is 5.56 Å². The molecule has 2 rings (SSSR count). The molecule has 2 aromatic rings. The Morgan fingerprint density at radius 3 is 2.50 bits per heavy atom. The van der Waals surface area contributed by atoms with Crippen molar-refractivity contribution in [2.45, 2.75) is 6.92 Å². The van der Waals surface area contributed by atoms with Crippen molar-refractivity contribution in [3.8, 4) is 11.3 Å². The summed E-state index contributed by atoms with van der Waals surface area (Å²) >= 11 is 5.86. The standard InChI is InChI=1S/C16H16ClNO2/c1-11-14(15(19)8-9-18(2)3)10-16(20-11)12-4-6-13(17)7-5-12/h4-10H,1-3H3. The van der Waals surface area contributed by atoms with Gasteiger partial charge in [-0.05, 0) is 37.3 Å². The van der Waals surface area contributed by atoms with Gasteiger partial charge in [0, 0.05) is 37.0 Å². The van der Waals surface area contributed by atoms with Crippen LogP contribution >= 0.6 is 11.6 Å². The molecule has 1 aromatic carbocycles. The van der Waals surface area contributed by atoms with Crippen LogP contribution < -0.4 is 0 Å². The number of ketones is 1. The summed E-state index contributed by atoms with van der Waals surface area (Å²) in [6.45, 7) is 1.79. The van der Waals surface area contributed by atoms with E-state index in [1.165, 1.54) is 6.08 Å². The molecule has 20 heavy (non-hydrogen) atoms. The van der Waals surface area contributed by atoms with E-state index >= 15 is 0 Å². The number of rotatable bonds is 4. The average molecular weight is 290 g/mol. The number of benzene rings is 1. The molecule has 0 amide bonds. The Kier molecular flexibility index (Phi) is 4.30. The van der Waals surface area contributed by atoms with Crippen molar-refractivity contribution in [1.82, 2.24) is 4.90 Å². The van der Waals surface area contributed by atoms with E-state index in [9.17, 15) is 4.79 Å². The third-order valence-corrected chi connectivity index (χ3v) is 3.09. The van der Waals surface area contributed by atoms with Crippen molar-refractivity contribution in [2.75, 3.05) is 14.1 Å². The van der Waals surface area contributed by atoms with E-state index in [2.05, 4.69) is 0 Å². The minimum absolute atomic E-state index is 0.0693. The highest BCUT2D eigenvalue weighted by atomic mass is 35.5. The Bertz CT molecular complexity index is 639. The molecule has 104 valence electrons. The fourth-order valence-electron chi connectivity index (χ4n) is 1.79. The highest BCUT2D eigenvalue weighted by Gasteiger charge is 2.14. The SMILES string of the molecule is Cc1oc(-c2ccc(Cl)cc2)cc1C(=O)C=CN(C)C. The second-order valence-corrected chi connectivity index (χ2v) is 5.17. The lowest BCUT2D eigenvalue weighted by Gasteiger charge is -2.01.